The highest BCUT2D eigenvalue weighted by Crippen LogP contribution is 2.30. The van der Waals surface area contributed by atoms with Crippen LogP contribution in [-0.2, 0) is 0 Å². The Bertz CT molecular complexity index is 356. The first kappa shape index (κ1) is 12.6. The van der Waals surface area contributed by atoms with Crippen molar-refractivity contribution in [1.82, 2.24) is 4.98 Å². The van der Waals surface area contributed by atoms with Crippen LogP contribution in [0.15, 0.2) is 18.2 Å². The molecule has 0 bridgehead atoms. The van der Waals surface area contributed by atoms with Gasteiger partial charge in [-0.1, -0.05) is 12.5 Å². The van der Waals surface area contributed by atoms with Gasteiger partial charge in [0.25, 0.3) is 0 Å². The van der Waals surface area contributed by atoms with E-state index in [1.165, 1.54) is 19.3 Å². The van der Waals surface area contributed by atoms with Crippen molar-refractivity contribution in [2.24, 2.45) is 0 Å². The first-order valence-corrected chi connectivity index (χ1v) is 7.62. The van der Waals surface area contributed by atoms with Crippen molar-refractivity contribution >= 4 is 23.4 Å². The molecule has 2 atom stereocenters. The van der Waals surface area contributed by atoms with E-state index in [0.717, 1.165) is 23.4 Å². The number of aromatic nitrogens is 1. The van der Waals surface area contributed by atoms with E-state index in [0.29, 0.717) is 6.04 Å². The Balaban J connectivity index is 2.00. The van der Waals surface area contributed by atoms with E-state index in [1.54, 1.807) is 0 Å². The average molecular weight is 251 g/mol. The summed E-state index contributed by atoms with van der Waals surface area (Å²) in [6.07, 6.45) is 6.12. The van der Waals surface area contributed by atoms with Crippen LogP contribution >= 0.6 is 11.8 Å². The first-order chi connectivity index (χ1) is 8.33. The van der Waals surface area contributed by atoms with E-state index >= 15 is 0 Å². The SMILES string of the molecule is CCNc1cccc(NC2CCCC2SC)n1. The third-order valence-electron chi connectivity index (χ3n) is 3.20. The number of hydrogen-bond donors (Lipinski definition) is 2. The van der Waals surface area contributed by atoms with Crippen molar-refractivity contribution < 1.29 is 0 Å². The third kappa shape index (κ3) is 3.28. The van der Waals surface area contributed by atoms with Gasteiger partial charge in [-0.05, 0) is 38.2 Å². The molecule has 17 heavy (non-hydrogen) atoms. The van der Waals surface area contributed by atoms with Gasteiger partial charge in [-0.3, -0.25) is 0 Å². The highest BCUT2D eigenvalue weighted by atomic mass is 32.2. The molecule has 0 amide bonds. The number of nitrogens with zero attached hydrogens (tertiary/aromatic N) is 1. The maximum atomic E-state index is 4.56. The Morgan fingerprint density at radius 1 is 1.35 bits per heavy atom. The maximum absolute atomic E-state index is 4.56. The molecular weight excluding hydrogens is 230 g/mol. The molecule has 2 rings (SSSR count). The number of nitrogens with one attached hydrogen (secondary N) is 2. The Labute approximate surface area is 108 Å². The lowest BCUT2D eigenvalue weighted by molar-refractivity contribution is 0.763. The van der Waals surface area contributed by atoms with Crippen molar-refractivity contribution in [2.45, 2.75) is 37.5 Å². The van der Waals surface area contributed by atoms with Crippen molar-refractivity contribution in [3.8, 4) is 0 Å². The van der Waals surface area contributed by atoms with Gasteiger partial charge < -0.3 is 10.6 Å². The molecule has 1 aromatic rings. The summed E-state index contributed by atoms with van der Waals surface area (Å²) in [7, 11) is 0. The van der Waals surface area contributed by atoms with E-state index in [1.807, 2.05) is 17.8 Å². The quantitative estimate of drug-likeness (QED) is 0.842. The van der Waals surface area contributed by atoms with Gasteiger partial charge in [0.2, 0.25) is 0 Å². The fourth-order valence-electron chi connectivity index (χ4n) is 2.36. The lowest BCUT2D eigenvalue weighted by Crippen LogP contribution is -2.26. The molecule has 1 aliphatic rings. The minimum Gasteiger partial charge on any atom is -0.370 e. The van der Waals surface area contributed by atoms with Gasteiger partial charge in [-0.2, -0.15) is 11.8 Å². The van der Waals surface area contributed by atoms with Crippen LogP contribution in [0.3, 0.4) is 0 Å². The predicted molar refractivity (Wildman–Crippen MR) is 77.0 cm³/mol. The summed E-state index contributed by atoms with van der Waals surface area (Å²) in [5.41, 5.74) is 0. The standard InChI is InChI=1S/C13H21N3S/c1-3-14-12-8-5-9-13(16-12)15-10-6-4-7-11(10)17-2/h5,8-11H,3-4,6-7H2,1-2H3,(H2,14,15,16). The van der Waals surface area contributed by atoms with Crippen molar-refractivity contribution in [2.75, 3.05) is 23.4 Å². The molecule has 4 heteroatoms. The highest BCUT2D eigenvalue weighted by molar-refractivity contribution is 7.99. The summed E-state index contributed by atoms with van der Waals surface area (Å²) in [6.45, 7) is 3.00. The van der Waals surface area contributed by atoms with Gasteiger partial charge in [0.05, 0.1) is 0 Å². The third-order valence-corrected chi connectivity index (χ3v) is 4.37. The van der Waals surface area contributed by atoms with Crippen LogP contribution in [0.25, 0.3) is 0 Å². The monoisotopic (exact) mass is 251 g/mol. The summed E-state index contributed by atoms with van der Waals surface area (Å²) in [5.74, 6) is 1.95. The van der Waals surface area contributed by atoms with Crippen LogP contribution in [0.5, 0.6) is 0 Å². The lowest BCUT2D eigenvalue weighted by Gasteiger charge is -2.20. The molecule has 0 aromatic carbocycles. The van der Waals surface area contributed by atoms with Crippen molar-refractivity contribution in [1.29, 1.82) is 0 Å². The molecule has 0 spiro atoms. The van der Waals surface area contributed by atoms with Gasteiger partial charge in [0, 0.05) is 17.8 Å². The molecular formula is C13H21N3S. The minimum atomic E-state index is 0.578. The molecule has 2 N–H and O–H groups in total. The Morgan fingerprint density at radius 3 is 2.94 bits per heavy atom. The summed E-state index contributed by atoms with van der Waals surface area (Å²) < 4.78 is 0. The fraction of sp³-hybridized carbons (Fsp3) is 0.615. The molecule has 1 fully saturated rings. The van der Waals surface area contributed by atoms with Gasteiger partial charge in [0.15, 0.2) is 0 Å². The van der Waals surface area contributed by atoms with Crippen LogP contribution in [0.2, 0.25) is 0 Å². The largest absolute Gasteiger partial charge is 0.370 e. The number of anilines is 2. The molecule has 1 heterocycles. The van der Waals surface area contributed by atoms with E-state index in [4.69, 9.17) is 0 Å². The van der Waals surface area contributed by atoms with Gasteiger partial charge in [-0.15, -0.1) is 0 Å². The van der Waals surface area contributed by atoms with Gasteiger partial charge >= 0.3 is 0 Å². The Kier molecular flexibility index (Phi) is 4.54. The average Bonchev–Trinajstić information content (AvgIpc) is 2.77. The second-order valence-corrected chi connectivity index (χ2v) is 5.47. The predicted octanol–water partition coefficient (Wildman–Crippen LogP) is 3.21. The number of hydrogen-bond acceptors (Lipinski definition) is 4. The van der Waals surface area contributed by atoms with Crippen LogP contribution in [0.1, 0.15) is 26.2 Å². The second-order valence-electron chi connectivity index (χ2n) is 4.39. The molecule has 0 saturated heterocycles. The van der Waals surface area contributed by atoms with Gasteiger partial charge in [0.1, 0.15) is 11.6 Å². The molecule has 1 aliphatic carbocycles. The van der Waals surface area contributed by atoms with E-state index in [2.05, 4.69) is 40.9 Å². The van der Waals surface area contributed by atoms with E-state index in [-0.39, 0.29) is 0 Å². The number of rotatable bonds is 5. The maximum Gasteiger partial charge on any atom is 0.128 e. The topological polar surface area (TPSA) is 37.0 Å². The molecule has 0 radical (unpaired) electrons. The molecule has 2 unspecified atom stereocenters. The molecule has 1 saturated carbocycles. The van der Waals surface area contributed by atoms with Crippen LogP contribution in [-0.4, -0.2) is 29.1 Å². The summed E-state index contributed by atoms with van der Waals surface area (Å²) in [4.78, 5) is 4.56. The molecule has 1 aromatic heterocycles. The van der Waals surface area contributed by atoms with E-state index in [9.17, 15) is 0 Å². The highest BCUT2D eigenvalue weighted by Gasteiger charge is 2.26. The summed E-state index contributed by atoms with van der Waals surface area (Å²) in [5, 5.41) is 7.55. The van der Waals surface area contributed by atoms with Gasteiger partial charge in [-0.25, -0.2) is 4.98 Å². The summed E-state index contributed by atoms with van der Waals surface area (Å²) in [6, 6.07) is 6.69. The lowest BCUT2D eigenvalue weighted by atomic mass is 10.2. The zero-order valence-corrected chi connectivity index (χ0v) is 11.4. The summed E-state index contributed by atoms with van der Waals surface area (Å²) >= 11 is 1.97. The van der Waals surface area contributed by atoms with Crippen LogP contribution < -0.4 is 10.6 Å². The van der Waals surface area contributed by atoms with Crippen molar-refractivity contribution in [3.63, 3.8) is 0 Å². The molecule has 0 aliphatic heterocycles. The Morgan fingerprint density at radius 2 is 2.18 bits per heavy atom. The van der Waals surface area contributed by atoms with E-state index < -0.39 is 0 Å². The molecule has 3 nitrogen and oxygen atoms in total. The number of thioether (sulfide) groups is 1. The molecule has 94 valence electrons. The minimum absolute atomic E-state index is 0.578. The fourth-order valence-corrected chi connectivity index (χ4v) is 3.29. The smallest absolute Gasteiger partial charge is 0.128 e. The first-order valence-electron chi connectivity index (χ1n) is 6.33. The normalized spacial score (nSPS) is 23.6. The zero-order valence-electron chi connectivity index (χ0n) is 10.6. The van der Waals surface area contributed by atoms with Crippen LogP contribution in [0, 0.1) is 0 Å². The zero-order chi connectivity index (χ0) is 12.1. The van der Waals surface area contributed by atoms with Crippen LogP contribution in [0.4, 0.5) is 11.6 Å². The number of pyridine rings is 1. The Hall–Kier alpha value is -0.900. The second kappa shape index (κ2) is 6.15. The van der Waals surface area contributed by atoms with Crippen molar-refractivity contribution in [3.05, 3.63) is 18.2 Å².